The molecule has 0 spiro atoms. The second-order valence-corrected chi connectivity index (χ2v) is 7.75. The van der Waals surface area contributed by atoms with Gasteiger partial charge in [-0.3, -0.25) is 0 Å². The highest BCUT2D eigenvalue weighted by Gasteiger charge is 2.40. The molecule has 0 aromatic carbocycles. The standard InChI is InChI=1S/C13H20N4O2S2/c1-4-11-9(2)15-13(20)16-8-10(7-12(11)16)17(6-5-14)21(3,18)19/h9-10H,4,6-8H2,1-3H3,(H,15,20)/t9-,10-/m0/s1. The molecular formula is C13H20N4O2S2. The van der Waals surface area contributed by atoms with Gasteiger partial charge in [0.05, 0.1) is 12.3 Å². The number of thiocarbonyl (C=S) groups is 1. The Morgan fingerprint density at radius 1 is 1.57 bits per heavy atom. The van der Waals surface area contributed by atoms with Gasteiger partial charge in [-0.05, 0) is 31.1 Å². The molecule has 1 N–H and O–H groups in total. The summed E-state index contributed by atoms with van der Waals surface area (Å²) >= 11 is 5.37. The molecule has 21 heavy (non-hydrogen) atoms. The first-order chi connectivity index (χ1) is 9.79. The summed E-state index contributed by atoms with van der Waals surface area (Å²) in [7, 11) is -3.41. The normalized spacial score (nSPS) is 25.9. The molecule has 6 nitrogen and oxygen atoms in total. The SMILES string of the molecule is CCC1=C2C[C@H](N(CC#N)S(C)(=O)=O)CN2C(=S)N[C@H]1C. The van der Waals surface area contributed by atoms with E-state index in [4.69, 9.17) is 17.5 Å². The molecule has 2 atom stereocenters. The van der Waals surface area contributed by atoms with E-state index < -0.39 is 10.0 Å². The van der Waals surface area contributed by atoms with Gasteiger partial charge in [0.1, 0.15) is 6.54 Å². The molecular weight excluding hydrogens is 308 g/mol. The summed E-state index contributed by atoms with van der Waals surface area (Å²) in [6.07, 6.45) is 2.66. The number of fused-ring (bicyclic) bond motifs is 1. The monoisotopic (exact) mass is 328 g/mol. The molecule has 2 rings (SSSR count). The number of sulfonamides is 1. The molecule has 0 aromatic heterocycles. The summed E-state index contributed by atoms with van der Waals surface area (Å²) in [5.41, 5.74) is 2.38. The van der Waals surface area contributed by atoms with Gasteiger partial charge in [-0.25, -0.2) is 8.42 Å². The Bertz CT molecular complexity index is 621. The fourth-order valence-electron chi connectivity index (χ4n) is 3.12. The van der Waals surface area contributed by atoms with Crippen molar-refractivity contribution in [3.8, 4) is 6.07 Å². The minimum absolute atomic E-state index is 0.123. The molecule has 0 saturated carbocycles. The van der Waals surface area contributed by atoms with Crippen LogP contribution in [0, 0.1) is 11.3 Å². The Balaban J connectivity index is 2.35. The Morgan fingerprint density at radius 3 is 2.76 bits per heavy atom. The third-order valence-electron chi connectivity index (χ3n) is 4.07. The van der Waals surface area contributed by atoms with Gasteiger partial charge >= 0.3 is 0 Å². The van der Waals surface area contributed by atoms with Crippen LogP contribution < -0.4 is 5.32 Å². The maximum atomic E-state index is 11.9. The number of hydrogen-bond donors (Lipinski definition) is 1. The minimum atomic E-state index is -3.41. The van der Waals surface area contributed by atoms with Crippen LogP contribution in [0.5, 0.6) is 0 Å². The zero-order chi connectivity index (χ0) is 15.8. The van der Waals surface area contributed by atoms with E-state index in [9.17, 15) is 8.42 Å². The van der Waals surface area contributed by atoms with E-state index in [2.05, 4.69) is 19.2 Å². The van der Waals surface area contributed by atoms with Gasteiger partial charge in [-0.15, -0.1) is 0 Å². The zero-order valence-electron chi connectivity index (χ0n) is 12.5. The Hall–Kier alpha value is -1.17. The van der Waals surface area contributed by atoms with Gasteiger partial charge in [0.15, 0.2) is 5.11 Å². The molecule has 2 heterocycles. The lowest BCUT2D eigenvalue weighted by atomic mass is 10.00. The Labute approximate surface area is 131 Å². The van der Waals surface area contributed by atoms with Crippen LogP contribution >= 0.6 is 12.2 Å². The summed E-state index contributed by atoms with van der Waals surface area (Å²) in [4.78, 5) is 1.98. The molecule has 0 aliphatic carbocycles. The van der Waals surface area contributed by atoms with Crippen molar-refractivity contribution in [2.45, 2.75) is 38.8 Å². The van der Waals surface area contributed by atoms with Gasteiger partial charge in [0.2, 0.25) is 10.0 Å². The van der Waals surface area contributed by atoms with Crippen molar-refractivity contribution in [3.63, 3.8) is 0 Å². The van der Waals surface area contributed by atoms with Gasteiger partial charge in [-0.2, -0.15) is 9.57 Å². The fourth-order valence-corrected chi connectivity index (χ4v) is 4.46. The predicted molar refractivity (Wildman–Crippen MR) is 84.8 cm³/mol. The van der Waals surface area contributed by atoms with Crippen molar-refractivity contribution in [3.05, 3.63) is 11.3 Å². The molecule has 1 fully saturated rings. The molecule has 0 bridgehead atoms. The van der Waals surface area contributed by atoms with E-state index in [0.29, 0.717) is 18.1 Å². The quantitative estimate of drug-likeness (QED) is 0.607. The minimum Gasteiger partial charge on any atom is -0.356 e. The molecule has 0 aromatic rings. The number of hydrogen-bond acceptors (Lipinski definition) is 4. The molecule has 1 saturated heterocycles. The molecule has 0 amide bonds. The second kappa shape index (κ2) is 5.91. The van der Waals surface area contributed by atoms with Crippen LogP contribution in [0.25, 0.3) is 0 Å². The maximum absolute atomic E-state index is 11.9. The largest absolute Gasteiger partial charge is 0.356 e. The van der Waals surface area contributed by atoms with E-state index >= 15 is 0 Å². The van der Waals surface area contributed by atoms with E-state index in [0.717, 1.165) is 18.4 Å². The molecule has 2 aliphatic rings. The lowest BCUT2D eigenvalue weighted by Gasteiger charge is -2.34. The first-order valence-corrected chi connectivity index (χ1v) is 9.19. The highest BCUT2D eigenvalue weighted by Crippen LogP contribution is 2.34. The summed E-state index contributed by atoms with van der Waals surface area (Å²) in [5, 5.41) is 12.8. The maximum Gasteiger partial charge on any atom is 0.212 e. The van der Waals surface area contributed by atoms with Crippen molar-refractivity contribution in [1.29, 1.82) is 5.26 Å². The van der Waals surface area contributed by atoms with Crippen LogP contribution in [-0.4, -0.2) is 54.2 Å². The molecule has 0 unspecified atom stereocenters. The molecule has 116 valence electrons. The molecule has 0 radical (unpaired) electrons. The lowest BCUT2D eigenvalue weighted by molar-refractivity contribution is 0.350. The zero-order valence-corrected chi connectivity index (χ0v) is 14.1. The third kappa shape index (κ3) is 3.05. The van der Waals surface area contributed by atoms with Crippen LogP contribution in [0.1, 0.15) is 26.7 Å². The summed E-state index contributed by atoms with van der Waals surface area (Å²) in [6.45, 7) is 4.53. The van der Waals surface area contributed by atoms with Crippen molar-refractivity contribution in [1.82, 2.24) is 14.5 Å². The van der Waals surface area contributed by atoms with Gasteiger partial charge in [0, 0.05) is 30.7 Å². The summed E-state index contributed by atoms with van der Waals surface area (Å²) in [5.74, 6) is 0. The highest BCUT2D eigenvalue weighted by molar-refractivity contribution is 7.88. The van der Waals surface area contributed by atoms with Crippen molar-refractivity contribution >= 4 is 27.4 Å². The van der Waals surface area contributed by atoms with Gasteiger partial charge in [0.25, 0.3) is 0 Å². The smallest absolute Gasteiger partial charge is 0.212 e. The van der Waals surface area contributed by atoms with E-state index in [1.165, 1.54) is 9.88 Å². The first kappa shape index (κ1) is 16.2. The van der Waals surface area contributed by atoms with Crippen LogP contribution in [-0.2, 0) is 10.0 Å². The molecule has 8 heteroatoms. The Morgan fingerprint density at radius 2 is 2.24 bits per heavy atom. The van der Waals surface area contributed by atoms with Crippen LogP contribution in [0.4, 0.5) is 0 Å². The Kier molecular flexibility index (Phi) is 4.56. The summed E-state index contributed by atoms with van der Waals surface area (Å²) < 4.78 is 25.1. The van der Waals surface area contributed by atoms with Crippen LogP contribution in [0.2, 0.25) is 0 Å². The van der Waals surface area contributed by atoms with Crippen LogP contribution in [0.15, 0.2) is 11.3 Å². The first-order valence-electron chi connectivity index (χ1n) is 6.93. The van der Waals surface area contributed by atoms with Gasteiger partial charge < -0.3 is 10.2 Å². The number of nitriles is 1. The summed E-state index contributed by atoms with van der Waals surface area (Å²) in [6, 6.07) is 1.88. The topological polar surface area (TPSA) is 76.4 Å². The van der Waals surface area contributed by atoms with Crippen molar-refractivity contribution < 1.29 is 8.42 Å². The van der Waals surface area contributed by atoms with Crippen molar-refractivity contribution in [2.24, 2.45) is 0 Å². The second-order valence-electron chi connectivity index (χ2n) is 5.43. The number of rotatable bonds is 4. The fraction of sp³-hybridized carbons (Fsp3) is 0.692. The number of nitrogens with one attached hydrogen (secondary N) is 1. The van der Waals surface area contributed by atoms with Crippen LogP contribution in [0.3, 0.4) is 0 Å². The van der Waals surface area contributed by atoms with E-state index in [1.54, 1.807) is 0 Å². The predicted octanol–water partition coefficient (Wildman–Crippen LogP) is 0.787. The van der Waals surface area contributed by atoms with Crippen molar-refractivity contribution in [2.75, 3.05) is 19.3 Å². The third-order valence-corrected chi connectivity index (χ3v) is 5.68. The average Bonchev–Trinajstić information content (AvgIpc) is 2.79. The van der Waals surface area contributed by atoms with E-state index in [-0.39, 0.29) is 18.6 Å². The lowest BCUT2D eigenvalue weighted by Crippen LogP contribution is -2.49. The van der Waals surface area contributed by atoms with E-state index in [1.807, 2.05) is 11.0 Å². The van der Waals surface area contributed by atoms with Gasteiger partial charge in [-0.1, -0.05) is 6.92 Å². The average molecular weight is 328 g/mol. The molecule has 2 aliphatic heterocycles. The highest BCUT2D eigenvalue weighted by atomic mass is 32.2. The number of nitrogens with zero attached hydrogens (tertiary/aromatic N) is 3.